The first-order valence-electron chi connectivity index (χ1n) is 4.50. The predicted molar refractivity (Wildman–Crippen MR) is 59.6 cm³/mol. The Morgan fingerprint density at radius 1 is 1.50 bits per heavy atom. The van der Waals surface area contributed by atoms with Crippen LogP contribution in [0.1, 0.15) is 17.3 Å². The van der Waals surface area contributed by atoms with E-state index >= 15 is 0 Å². The van der Waals surface area contributed by atoms with Gasteiger partial charge < -0.3 is 11.1 Å². The molecular formula is C10H13ClF2N2O. The molecule has 0 unspecified atom stereocenters. The number of benzene rings is 1. The van der Waals surface area contributed by atoms with Crippen molar-refractivity contribution in [2.24, 2.45) is 5.73 Å². The molecule has 90 valence electrons. The number of halogens is 3. The third kappa shape index (κ3) is 3.75. The van der Waals surface area contributed by atoms with Gasteiger partial charge in [0, 0.05) is 12.6 Å². The summed E-state index contributed by atoms with van der Waals surface area (Å²) in [5, 5.41) is 2.44. The number of carbonyl (C=O) groups excluding carboxylic acids is 1. The first-order valence-corrected chi connectivity index (χ1v) is 4.50. The van der Waals surface area contributed by atoms with E-state index in [-0.39, 0.29) is 30.6 Å². The molecule has 0 bridgehead atoms. The second-order valence-corrected chi connectivity index (χ2v) is 3.23. The van der Waals surface area contributed by atoms with E-state index in [0.29, 0.717) is 0 Å². The zero-order valence-electron chi connectivity index (χ0n) is 8.67. The van der Waals surface area contributed by atoms with Gasteiger partial charge in [0.25, 0.3) is 5.91 Å². The monoisotopic (exact) mass is 250 g/mol. The van der Waals surface area contributed by atoms with Crippen LogP contribution in [-0.2, 0) is 0 Å². The third-order valence-electron chi connectivity index (χ3n) is 1.90. The second-order valence-electron chi connectivity index (χ2n) is 3.23. The second kappa shape index (κ2) is 6.40. The quantitative estimate of drug-likeness (QED) is 0.854. The molecule has 1 rings (SSSR count). The van der Waals surface area contributed by atoms with Crippen LogP contribution in [0.3, 0.4) is 0 Å². The van der Waals surface area contributed by atoms with Gasteiger partial charge in [0.15, 0.2) is 0 Å². The van der Waals surface area contributed by atoms with Crippen LogP contribution < -0.4 is 11.1 Å². The van der Waals surface area contributed by atoms with Gasteiger partial charge in [-0.1, -0.05) is 0 Å². The molecule has 6 heteroatoms. The van der Waals surface area contributed by atoms with Crippen molar-refractivity contribution in [1.82, 2.24) is 5.32 Å². The standard InChI is InChI=1S/C10H12F2N2O.ClH/c1-6(5-13)14-10(15)8-4-7(11)2-3-9(8)12;/h2-4,6H,5,13H2,1H3,(H,14,15);1H/t6-;/m0./s1. The maximum atomic E-state index is 13.1. The molecule has 16 heavy (non-hydrogen) atoms. The van der Waals surface area contributed by atoms with Crippen molar-refractivity contribution in [2.45, 2.75) is 13.0 Å². The fourth-order valence-electron chi connectivity index (χ4n) is 1.03. The van der Waals surface area contributed by atoms with Crippen LogP contribution in [0.25, 0.3) is 0 Å². The molecule has 0 heterocycles. The van der Waals surface area contributed by atoms with Crippen molar-refractivity contribution in [3.63, 3.8) is 0 Å². The maximum Gasteiger partial charge on any atom is 0.254 e. The SMILES string of the molecule is C[C@@H](CN)NC(=O)c1cc(F)ccc1F.Cl. The number of hydrogen-bond acceptors (Lipinski definition) is 2. The van der Waals surface area contributed by atoms with Gasteiger partial charge in [-0.3, -0.25) is 4.79 Å². The highest BCUT2D eigenvalue weighted by Crippen LogP contribution is 2.09. The summed E-state index contributed by atoms with van der Waals surface area (Å²) in [5.74, 6) is -2.06. The van der Waals surface area contributed by atoms with Gasteiger partial charge in [-0.15, -0.1) is 12.4 Å². The van der Waals surface area contributed by atoms with Crippen molar-refractivity contribution in [2.75, 3.05) is 6.54 Å². The number of hydrogen-bond donors (Lipinski definition) is 2. The molecule has 0 aliphatic rings. The van der Waals surface area contributed by atoms with E-state index in [1.807, 2.05) is 0 Å². The molecular weight excluding hydrogens is 238 g/mol. The molecule has 0 aliphatic carbocycles. The van der Waals surface area contributed by atoms with Gasteiger partial charge in [0.05, 0.1) is 5.56 Å². The molecule has 0 aromatic heterocycles. The van der Waals surface area contributed by atoms with E-state index in [1.165, 1.54) is 0 Å². The number of nitrogens with one attached hydrogen (secondary N) is 1. The number of nitrogens with two attached hydrogens (primary N) is 1. The fraction of sp³-hybridized carbons (Fsp3) is 0.300. The normalized spacial score (nSPS) is 11.5. The molecule has 1 atom stereocenters. The van der Waals surface area contributed by atoms with Gasteiger partial charge in [-0.25, -0.2) is 8.78 Å². The largest absolute Gasteiger partial charge is 0.348 e. The molecule has 1 aromatic carbocycles. The Balaban J connectivity index is 0.00000225. The summed E-state index contributed by atoms with van der Waals surface area (Å²) in [6, 6.07) is 2.45. The van der Waals surface area contributed by atoms with E-state index in [2.05, 4.69) is 5.32 Å². The Bertz CT molecular complexity index is 374. The van der Waals surface area contributed by atoms with E-state index < -0.39 is 17.5 Å². The van der Waals surface area contributed by atoms with Gasteiger partial charge in [-0.2, -0.15) is 0 Å². The Morgan fingerprint density at radius 2 is 2.12 bits per heavy atom. The van der Waals surface area contributed by atoms with E-state index in [4.69, 9.17) is 5.73 Å². The summed E-state index contributed by atoms with van der Waals surface area (Å²) < 4.78 is 25.9. The summed E-state index contributed by atoms with van der Waals surface area (Å²) >= 11 is 0. The van der Waals surface area contributed by atoms with Gasteiger partial charge >= 0.3 is 0 Å². The van der Waals surface area contributed by atoms with Crippen LogP contribution in [0.4, 0.5) is 8.78 Å². The summed E-state index contributed by atoms with van der Waals surface area (Å²) in [6.07, 6.45) is 0. The minimum atomic E-state index is -0.752. The van der Waals surface area contributed by atoms with Crippen molar-refractivity contribution in [1.29, 1.82) is 0 Å². The molecule has 3 nitrogen and oxygen atoms in total. The highest BCUT2D eigenvalue weighted by Gasteiger charge is 2.14. The Labute approximate surface area is 98.4 Å². The van der Waals surface area contributed by atoms with Crippen molar-refractivity contribution < 1.29 is 13.6 Å². The number of amides is 1. The lowest BCUT2D eigenvalue weighted by atomic mass is 10.2. The topological polar surface area (TPSA) is 55.1 Å². The van der Waals surface area contributed by atoms with Crippen molar-refractivity contribution >= 4 is 18.3 Å². The molecule has 0 spiro atoms. The number of carbonyl (C=O) groups is 1. The average molecular weight is 251 g/mol. The first kappa shape index (κ1) is 14.8. The third-order valence-corrected chi connectivity index (χ3v) is 1.90. The van der Waals surface area contributed by atoms with Crippen LogP contribution in [0, 0.1) is 11.6 Å². The minimum Gasteiger partial charge on any atom is -0.348 e. The van der Waals surface area contributed by atoms with Crippen LogP contribution in [0.5, 0.6) is 0 Å². The number of rotatable bonds is 3. The van der Waals surface area contributed by atoms with Gasteiger partial charge in [0.1, 0.15) is 11.6 Å². The molecule has 0 saturated carbocycles. The van der Waals surface area contributed by atoms with E-state index in [1.54, 1.807) is 6.92 Å². The summed E-state index contributed by atoms with van der Waals surface area (Å²) in [5.41, 5.74) is 4.97. The highest BCUT2D eigenvalue weighted by atomic mass is 35.5. The van der Waals surface area contributed by atoms with Crippen LogP contribution in [-0.4, -0.2) is 18.5 Å². The lowest BCUT2D eigenvalue weighted by molar-refractivity contribution is 0.0936. The predicted octanol–water partition coefficient (Wildman–Crippen LogP) is 1.46. The first-order chi connectivity index (χ1) is 7.04. The molecule has 0 fully saturated rings. The molecule has 0 saturated heterocycles. The zero-order chi connectivity index (χ0) is 11.4. The smallest absolute Gasteiger partial charge is 0.254 e. The average Bonchev–Trinajstić information content (AvgIpc) is 2.21. The zero-order valence-corrected chi connectivity index (χ0v) is 9.48. The molecule has 1 amide bonds. The van der Waals surface area contributed by atoms with Gasteiger partial charge in [-0.05, 0) is 25.1 Å². The van der Waals surface area contributed by atoms with E-state index in [0.717, 1.165) is 18.2 Å². The summed E-state index contributed by atoms with van der Waals surface area (Å²) in [7, 11) is 0. The Morgan fingerprint density at radius 3 is 2.69 bits per heavy atom. The fourth-order valence-corrected chi connectivity index (χ4v) is 1.03. The van der Waals surface area contributed by atoms with Crippen LogP contribution in [0.2, 0.25) is 0 Å². The van der Waals surface area contributed by atoms with Gasteiger partial charge in [0.2, 0.25) is 0 Å². The Kier molecular flexibility index (Phi) is 5.92. The lowest BCUT2D eigenvalue weighted by Crippen LogP contribution is -2.38. The lowest BCUT2D eigenvalue weighted by Gasteiger charge is -2.11. The Hall–Kier alpha value is -1.20. The summed E-state index contributed by atoms with van der Waals surface area (Å²) in [4.78, 5) is 11.4. The minimum absolute atomic E-state index is 0. The summed E-state index contributed by atoms with van der Waals surface area (Å²) in [6.45, 7) is 1.91. The highest BCUT2D eigenvalue weighted by molar-refractivity contribution is 5.94. The maximum absolute atomic E-state index is 13.1. The van der Waals surface area contributed by atoms with Crippen molar-refractivity contribution in [3.05, 3.63) is 35.4 Å². The van der Waals surface area contributed by atoms with Crippen LogP contribution in [0.15, 0.2) is 18.2 Å². The molecule has 0 aliphatic heterocycles. The molecule has 3 N–H and O–H groups in total. The van der Waals surface area contributed by atoms with E-state index in [9.17, 15) is 13.6 Å². The molecule has 0 radical (unpaired) electrons. The van der Waals surface area contributed by atoms with Crippen molar-refractivity contribution in [3.8, 4) is 0 Å². The molecule has 1 aromatic rings. The van der Waals surface area contributed by atoms with Crippen LogP contribution >= 0.6 is 12.4 Å².